The molecule has 3 aromatic carbocycles. The summed E-state index contributed by atoms with van der Waals surface area (Å²) in [6, 6.07) is 24.4. The van der Waals surface area contributed by atoms with E-state index in [0.29, 0.717) is 25.1 Å². The quantitative estimate of drug-likeness (QED) is 0.162. The van der Waals surface area contributed by atoms with Crippen LogP contribution in [0.4, 0.5) is 5.69 Å². The molecule has 4 rings (SSSR count). The molecule has 0 aliphatic carbocycles. The maximum Gasteiger partial charge on any atom is 0.242 e. The van der Waals surface area contributed by atoms with E-state index in [-0.39, 0.29) is 17.6 Å². The molecule has 0 aromatic heterocycles. The lowest BCUT2D eigenvalue weighted by molar-refractivity contribution is -0.129. The van der Waals surface area contributed by atoms with Crippen LogP contribution in [0.3, 0.4) is 0 Å². The zero-order chi connectivity index (χ0) is 29.0. The van der Waals surface area contributed by atoms with Gasteiger partial charge in [-0.05, 0) is 48.6 Å². The number of hydrogen-bond acceptors (Lipinski definition) is 6. The lowest BCUT2D eigenvalue weighted by Gasteiger charge is -2.29. The van der Waals surface area contributed by atoms with Gasteiger partial charge in [-0.1, -0.05) is 66.7 Å². The topological polar surface area (TPSA) is 133 Å². The number of carbonyl (C=O) groups is 2. The minimum Gasteiger partial charge on any atom is -0.384 e. The predicted molar refractivity (Wildman–Crippen MR) is 162 cm³/mol. The Kier molecular flexibility index (Phi) is 10.9. The first-order chi connectivity index (χ1) is 19.9. The van der Waals surface area contributed by atoms with Crippen molar-refractivity contribution in [3.05, 3.63) is 101 Å². The Labute approximate surface area is 242 Å². The summed E-state index contributed by atoms with van der Waals surface area (Å²) in [5, 5.41) is 16.7. The summed E-state index contributed by atoms with van der Waals surface area (Å²) in [6.45, 7) is 5.70. The number of amidine groups is 1. The number of nitrogens with one attached hydrogen (secondary N) is 4. The molecular formula is C32H40N6O3. The lowest BCUT2D eigenvalue weighted by Crippen LogP contribution is -2.51. The first-order valence-corrected chi connectivity index (χ1v) is 14.1. The number of nitrogens with two attached hydrogens (primary N) is 1. The van der Waals surface area contributed by atoms with Crippen molar-refractivity contribution in [2.75, 3.05) is 31.2 Å². The fourth-order valence-electron chi connectivity index (χ4n) is 4.73. The van der Waals surface area contributed by atoms with Crippen molar-refractivity contribution >= 4 is 23.3 Å². The second-order valence-corrected chi connectivity index (χ2v) is 10.3. The maximum absolute atomic E-state index is 13.4. The molecule has 1 heterocycles. The molecule has 9 heteroatoms. The number of carbonyl (C=O) groups excluding carboxylic acids is 2. The van der Waals surface area contributed by atoms with Crippen molar-refractivity contribution in [2.45, 2.75) is 44.9 Å². The van der Waals surface area contributed by atoms with Gasteiger partial charge in [0.15, 0.2) is 0 Å². The number of aryl methyl sites for hydroxylation is 1. The Bertz CT molecular complexity index is 1290. The van der Waals surface area contributed by atoms with Crippen LogP contribution in [0.2, 0.25) is 0 Å². The summed E-state index contributed by atoms with van der Waals surface area (Å²) in [4.78, 5) is 28.5. The average molecular weight is 557 g/mol. The highest BCUT2D eigenvalue weighted by Gasteiger charge is 2.23. The second kappa shape index (κ2) is 15.0. The second-order valence-electron chi connectivity index (χ2n) is 10.3. The molecule has 2 amide bonds. The van der Waals surface area contributed by atoms with E-state index in [2.05, 4.69) is 51.2 Å². The molecule has 0 radical (unpaired) electrons. The van der Waals surface area contributed by atoms with Crippen LogP contribution >= 0.6 is 0 Å². The van der Waals surface area contributed by atoms with Crippen molar-refractivity contribution in [2.24, 2.45) is 5.73 Å². The summed E-state index contributed by atoms with van der Waals surface area (Å²) in [6.07, 6.45) is 1.33. The minimum atomic E-state index is -0.704. The van der Waals surface area contributed by atoms with Crippen molar-refractivity contribution in [3.63, 3.8) is 0 Å². The summed E-state index contributed by atoms with van der Waals surface area (Å²) in [7, 11) is 0. The van der Waals surface area contributed by atoms with Crippen LogP contribution in [-0.2, 0) is 33.8 Å². The molecule has 2 atom stereocenters. The molecule has 0 unspecified atom stereocenters. The minimum absolute atomic E-state index is 0.00263. The van der Waals surface area contributed by atoms with Crippen molar-refractivity contribution < 1.29 is 14.3 Å². The molecule has 216 valence electrons. The molecule has 1 fully saturated rings. The first kappa shape index (κ1) is 29.8. The Morgan fingerprint density at radius 1 is 0.902 bits per heavy atom. The van der Waals surface area contributed by atoms with E-state index in [1.807, 2.05) is 36.4 Å². The van der Waals surface area contributed by atoms with Gasteiger partial charge in [0.25, 0.3) is 0 Å². The molecule has 0 spiro atoms. The summed E-state index contributed by atoms with van der Waals surface area (Å²) < 4.78 is 5.48. The van der Waals surface area contributed by atoms with Crippen molar-refractivity contribution in [1.29, 1.82) is 5.41 Å². The van der Waals surface area contributed by atoms with Gasteiger partial charge in [-0.2, -0.15) is 0 Å². The molecule has 1 aliphatic rings. The third kappa shape index (κ3) is 9.16. The van der Waals surface area contributed by atoms with E-state index in [0.717, 1.165) is 55.1 Å². The lowest BCUT2D eigenvalue weighted by atomic mass is 10.0. The van der Waals surface area contributed by atoms with E-state index in [4.69, 9.17) is 15.9 Å². The van der Waals surface area contributed by atoms with E-state index in [1.54, 1.807) is 19.1 Å². The number of amides is 2. The van der Waals surface area contributed by atoms with Gasteiger partial charge in [-0.15, -0.1) is 0 Å². The van der Waals surface area contributed by atoms with Crippen LogP contribution < -0.4 is 26.6 Å². The van der Waals surface area contributed by atoms with Crippen LogP contribution in [0.5, 0.6) is 0 Å². The van der Waals surface area contributed by atoms with Gasteiger partial charge in [-0.3, -0.25) is 15.0 Å². The molecule has 1 saturated heterocycles. The summed E-state index contributed by atoms with van der Waals surface area (Å²) >= 11 is 0. The fourth-order valence-corrected chi connectivity index (χ4v) is 4.73. The molecule has 9 nitrogen and oxygen atoms in total. The van der Waals surface area contributed by atoms with Crippen molar-refractivity contribution in [3.8, 4) is 0 Å². The van der Waals surface area contributed by atoms with Crippen LogP contribution in [0.1, 0.15) is 35.6 Å². The standard InChI is InChI=1S/C32H40N6O3/c1-23(31(39)36-21-25-10-13-27(14-11-25)30(33)34)37-32(40)29(15-12-24-6-3-2-4-7-24)35-22-26-8-5-9-28(20-26)38-16-18-41-19-17-38/h2-11,13-14,20,23,29,35H,12,15-19,21-22H2,1H3,(H3,33,34)(H,36,39)(H,37,40)/t23-,29+/m0/s1. The highest BCUT2D eigenvalue weighted by atomic mass is 16.5. The fraction of sp³-hybridized carbons (Fsp3) is 0.344. The van der Waals surface area contributed by atoms with Gasteiger partial charge in [-0.25, -0.2) is 0 Å². The van der Waals surface area contributed by atoms with Crippen LogP contribution in [0, 0.1) is 5.41 Å². The van der Waals surface area contributed by atoms with Gasteiger partial charge in [0, 0.05) is 37.4 Å². The van der Waals surface area contributed by atoms with Gasteiger partial charge in [0.1, 0.15) is 11.9 Å². The smallest absolute Gasteiger partial charge is 0.242 e. The maximum atomic E-state index is 13.4. The number of ether oxygens (including phenoxy) is 1. The van der Waals surface area contributed by atoms with Gasteiger partial charge < -0.3 is 31.3 Å². The number of hydrogen-bond donors (Lipinski definition) is 5. The van der Waals surface area contributed by atoms with Crippen LogP contribution in [-0.4, -0.2) is 56.0 Å². The highest BCUT2D eigenvalue weighted by molar-refractivity contribution is 5.95. The van der Waals surface area contributed by atoms with Crippen molar-refractivity contribution in [1.82, 2.24) is 16.0 Å². The zero-order valence-corrected chi connectivity index (χ0v) is 23.6. The van der Waals surface area contributed by atoms with Crippen LogP contribution in [0.15, 0.2) is 78.9 Å². The predicted octanol–water partition coefficient (Wildman–Crippen LogP) is 2.72. The SMILES string of the molecule is C[C@H](NC(=O)[C@@H](CCc1ccccc1)NCc1cccc(N2CCOCC2)c1)C(=O)NCc1ccc(C(=N)N)cc1. The molecule has 1 aliphatic heterocycles. The van der Waals surface area contributed by atoms with E-state index in [9.17, 15) is 9.59 Å². The first-order valence-electron chi connectivity index (χ1n) is 14.1. The number of morpholine rings is 1. The van der Waals surface area contributed by atoms with Gasteiger partial charge >= 0.3 is 0 Å². The largest absolute Gasteiger partial charge is 0.384 e. The Balaban J connectivity index is 1.35. The molecular weight excluding hydrogens is 516 g/mol. The third-order valence-electron chi connectivity index (χ3n) is 7.20. The van der Waals surface area contributed by atoms with E-state index >= 15 is 0 Å². The number of rotatable bonds is 13. The van der Waals surface area contributed by atoms with Gasteiger partial charge in [0.2, 0.25) is 11.8 Å². The number of anilines is 1. The van der Waals surface area contributed by atoms with E-state index < -0.39 is 12.1 Å². The molecule has 0 bridgehead atoms. The molecule has 41 heavy (non-hydrogen) atoms. The van der Waals surface area contributed by atoms with E-state index in [1.165, 1.54) is 0 Å². The normalized spacial score (nSPS) is 14.6. The third-order valence-corrected chi connectivity index (χ3v) is 7.20. The monoisotopic (exact) mass is 556 g/mol. The average Bonchev–Trinajstić information content (AvgIpc) is 3.01. The Morgan fingerprint density at radius 2 is 1.61 bits per heavy atom. The number of benzene rings is 3. The summed E-state index contributed by atoms with van der Waals surface area (Å²) in [5.74, 6) is -0.482. The highest BCUT2D eigenvalue weighted by Crippen LogP contribution is 2.18. The molecule has 0 saturated carbocycles. The zero-order valence-electron chi connectivity index (χ0n) is 23.6. The summed E-state index contributed by atoms with van der Waals surface area (Å²) in [5.41, 5.74) is 10.4. The molecule has 6 N–H and O–H groups in total. The Hall–Kier alpha value is -4.21. The molecule has 3 aromatic rings. The number of nitrogens with zero attached hydrogens (tertiary/aromatic N) is 1. The van der Waals surface area contributed by atoms with Crippen LogP contribution in [0.25, 0.3) is 0 Å². The number of nitrogen functional groups attached to an aromatic ring is 1. The Morgan fingerprint density at radius 3 is 2.32 bits per heavy atom. The van der Waals surface area contributed by atoms with Gasteiger partial charge in [0.05, 0.1) is 19.3 Å².